The molecule has 0 heterocycles. The smallest absolute Gasteiger partial charge is 0.161 e. The van der Waals surface area contributed by atoms with Gasteiger partial charge in [0.2, 0.25) is 0 Å². The molecule has 1 N–H and O–H groups in total. The molecule has 1 rings (SSSR count). The van der Waals surface area contributed by atoms with Gasteiger partial charge < -0.3 is 14.6 Å². The minimum Gasteiger partial charge on any atom is -0.493 e. The molecule has 0 bridgehead atoms. The van der Waals surface area contributed by atoms with Gasteiger partial charge in [-0.25, -0.2) is 0 Å². The fourth-order valence-electron chi connectivity index (χ4n) is 1.30. The average molecular weight is 222 g/mol. The van der Waals surface area contributed by atoms with Crippen LogP contribution in [0.1, 0.15) is 25.5 Å². The first-order valence-electron chi connectivity index (χ1n) is 5.29. The zero-order valence-electron chi connectivity index (χ0n) is 9.93. The molecule has 0 aliphatic rings. The number of hydrogen-bond acceptors (Lipinski definition) is 3. The molecule has 0 unspecified atom stereocenters. The van der Waals surface area contributed by atoms with Crippen molar-refractivity contribution >= 4 is 0 Å². The van der Waals surface area contributed by atoms with Crippen molar-refractivity contribution in [3.63, 3.8) is 0 Å². The summed E-state index contributed by atoms with van der Waals surface area (Å²) in [6, 6.07) is 5.43. The largest absolute Gasteiger partial charge is 0.493 e. The third-order valence-electron chi connectivity index (χ3n) is 2.24. The average Bonchev–Trinajstić information content (AvgIpc) is 2.29. The molecule has 0 amide bonds. The minimum atomic E-state index is -0.501. The minimum absolute atomic E-state index is 0.501. The van der Waals surface area contributed by atoms with Crippen molar-refractivity contribution < 1.29 is 14.6 Å². The Bertz CT molecular complexity index is 356. The Morgan fingerprint density at radius 3 is 2.69 bits per heavy atom. The number of aliphatic hydroxyl groups excluding tert-OH is 1. The van der Waals surface area contributed by atoms with Crippen LogP contribution in [0.5, 0.6) is 11.5 Å². The summed E-state index contributed by atoms with van der Waals surface area (Å²) in [4.78, 5) is 0. The quantitative estimate of drug-likeness (QED) is 0.778. The summed E-state index contributed by atoms with van der Waals surface area (Å²) in [6.45, 7) is 4.17. The first kappa shape index (κ1) is 12.6. The van der Waals surface area contributed by atoms with Crippen molar-refractivity contribution in [2.75, 3.05) is 13.7 Å². The lowest BCUT2D eigenvalue weighted by Gasteiger charge is -2.12. The summed E-state index contributed by atoms with van der Waals surface area (Å²) in [5, 5.41) is 9.44. The van der Waals surface area contributed by atoms with Crippen LogP contribution >= 0.6 is 0 Å². The van der Waals surface area contributed by atoms with Crippen molar-refractivity contribution in [2.24, 2.45) is 0 Å². The van der Waals surface area contributed by atoms with Crippen LogP contribution in [-0.2, 0) is 0 Å². The van der Waals surface area contributed by atoms with E-state index in [9.17, 15) is 5.11 Å². The Hall–Kier alpha value is -1.48. The van der Waals surface area contributed by atoms with Crippen LogP contribution in [-0.4, -0.2) is 18.8 Å². The third-order valence-corrected chi connectivity index (χ3v) is 2.24. The van der Waals surface area contributed by atoms with Gasteiger partial charge in [-0.3, -0.25) is 0 Å². The number of rotatable bonds is 5. The Morgan fingerprint density at radius 1 is 1.38 bits per heavy atom. The molecule has 88 valence electrons. The van der Waals surface area contributed by atoms with E-state index in [0.29, 0.717) is 18.1 Å². The molecular weight excluding hydrogens is 204 g/mol. The van der Waals surface area contributed by atoms with E-state index in [0.717, 1.165) is 5.56 Å². The summed E-state index contributed by atoms with van der Waals surface area (Å²) in [5.41, 5.74) is 0.815. The summed E-state index contributed by atoms with van der Waals surface area (Å²) in [5.74, 6) is 1.33. The number of allylic oxidation sites excluding steroid dienone is 1. The molecule has 16 heavy (non-hydrogen) atoms. The molecule has 1 aromatic carbocycles. The number of hydrogen-bond donors (Lipinski definition) is 1. The van der Waals surface area contributed by atoms with E-state index in [-0.39, 0.29) is 0 Å². The third kappa shape index (κ3) is 3.28. The summed E-state index contributed by atoms with van der Waals surface area (Å²) in [7, 11) is 1.59. The maximum absolute atomic E-state index is 9.44. The zero-order valence-corrected chi connectivity index (χ0v) is 9.93. The summed E-state index contributed by atoms with van der Waals surface area (Å²) in [6.07, 6.45) is 3.34. The molecular formula is C13H18O3. The van der Waals surface area contributed by atoms with Gasteiger partial charge in [0.05, 0.1) is 13.2 Å². The van der Waals surface area contributed by atoms with Gasteiger partial charge in [0.25, 0.3) is 0 Å². The van der Waals surface area contributed by atoms with E-state index in [1.54, 1.807) is 20.1 Å². The van der Waals surface area contributed by atoms with Crippen LogP contribution < -0.4 is 9.47 Å². The number of methoxy groups -OCH3 is 1. The normalized spacial score (nSPS) is 12.8. The standard InChI is InChI=1S/C13H18O3/c1-4-5-8-16-12-7-6-11(10(2)14)9-13(12)15-3/h4-7,9-10,14H,8H2,1-3H3/t10-/m1/s1. The van der Waals surface area contributed by atoms with Gasteiger partial charge in [-0.15, -0.1) is 0 Å². The molecule has 0 saturated heterocycles. The lowest BCUT2D eigenvalue weighted by Crippen LogP contribution is -1.98. The highest BCUT2D eigenvalue weighted by atomic mass is 16.5. The van der Waals surface area contributed by atoms with Crippen molar-refractivity contribution in [3.8, 4) is 11.5 Å². The fourth-order valence-corrected chi connectivity index (χ4v) is 1.30. The van der Waals surface area contributed by atoms with Crippen LogP contribution in [0.15, 0.2) is 30.4 Å². The van der Waals surface area contributed by atoms with Crippen molar-refractivity contribution in [1.82, 2.24) is 0 Å². The lowest BCUT2D eigenvalue weighted by molar-refractivity contribution is 0.198. The van der Waals surface area contributed by atoms with E-state index in [1.165, 1.54) is 0 Å². The predicted octanol–water partition coefficient (Wildman–Crippen LogP) is 2.70. The van der Waals surface area contributed by atoms with E-state index in [1.807, 2.05) is 31.2 Å². The molecule has 0 fully saturated rings. The Morgan fingerprint density at radius 2 is 2.12 bits per heavy atom. The monoisotopic (exact) mass is 222 g/mol. The topological polar surface area (TPSA) is 38.7 Å². The van der Waals surface area contributed by atoms with Crippen LogP contribution in [0.4, 0.5) is 0 Å². The maximum Gasteiger partial charge on any atom is 0.161 e. The van der Waals surface area contributed by atoms with Gasteiger partial charge >= 0.3 is 0 Å². The Kier molecular flexibility index (Phi) is 4.86. The van der Waals surface area contributed by atoms with E-state index < -0.39 is 6.10 Å². The lowest BCUT2D eigenvalue weighted by atomic mass is 10.1. The Balaban J connectivity index is 2.84. The molecule has 1 atom stereocenters. The van der Waals surface area contributed by atoms with Crippen LogP contribution in [0.2, 0.25) is 0 Å². The van der Waals surface area contributed by atoms with Crippen molar-refractivity contribution in [2.45, 2.75) is 20.0 Å². The maximum atomic E-state index is 9.44. The highest BCUT2D eigenvalue weighted by Crippen LogP contribution is 2.30. The van der Waals surface area contributed by atoms with E-state index >= 15 is 0 Å². The highest BCUT2D eigenvalue weighted by molar-refractivity contribution is 5.43. The van der Waals surface area contributed by atoms with Gasteiger partial charge in [-0.1, -0.05) is 18.2 Å². The summed E-state index contributed by atoms with van der Waals surface area (Å²) >= 11 is 0. The van der Waals surface area contributed by atoms with Crippen molar-refractivity contribution in [3.05, 3.63) is 35.9 Å². The molecule has 0 aliphatic heterocycles. The first-order chi connectivity index (χ1) is 7.69. The number of benzene rings is 1. The second kappa shape index (κ2) is 6.18. The molecule has 1 aromatic rings. The molecule has 0 saturated carbocycles. The van der Waals surface area contributed by atoms with Crippen LogP contribution in [0, 0.1) is 0 Å². The van der Waals surface area contributed by atoms with Gasteiger partial charge in [0, 0.05) is 0 Å². The SMILES string of the molecule is CC=CCOc1ccc([C@@H](C)O)cc1OC. The van der Waals surface area contributed by atoms with Gasteiger partial charge in [-0.2, -0.15) is 0 Å². The van der Waals surface area contributed by atoms with Gasteiger partial charge in [-0.05, 0) is 31.5 Å². The van der Waals surface area contributed by atoms with Gasteiger partial charge in [0.1, 0.15) is 6.61 Å². The van der Waals surface area contributed by atoms with E-state index in [2.05, 4.69) is 0 Å². The second-order valence-electron chi connectivity index (χ2n) is 3.47. The summed E-state index contributed by atoms with van der Waals surface area (Å²) < 4.78 is 10.7. The highest BCUT2D eigenvalue weighted by Gasteiger charge is 2.07. The number of ether oxygens (including phenoxy) is 2. The second-order valence-corrected chi connectivity index (χ2v) is 3.47. The molecule has 0 spiro atoms. The molecule has 0 aromatic heterocycles. The first-order valence-corrected chi connectivity index (χ1v) is 5.29. The molecule has 3 nitrogen and oxygen atoms in total. The number of aliphatic hydroxyl groups is 1. The molecule has 0 radical (unpaired) electrons. The van der Waals surface area contributed by atoms with Crippen molar-refractivity contribution in [1.29, 1.82) is 0 Å². The van der Waals surface area contributed by atoms with Crippen LogP contribution in [0.25, 0.3) is 0 Å². The molecule has 3 heteroatoms. The van der Waals surface area contributed by atoms with E-state index in [4.69, 9.17) is 9.47 Å². The zero-order chi connectivity index (χ0) is 12.0. The Labute approximate surface area is 96.3 Å². The fraction of sp³-hybridized carbons (Fsp3) is 0.385. The van der Waals surface area contributed by atoms with Gasteiger partial charge in [0.15, 0.2) is 11.5 Å². The van der Waals surface area contributed by atoms with Crippen LogP contribution in [0.3, 0.4) is 0 Å². The molecule has 0 aliphatic carbocycles. The predicted molar refractivity (Wildman–Crippen MR) is 63.9 cm³/mol.